The van der Waals surface area contributed by atoms with Crippen molar-refractivity contribution >= 4 is 33.1 Å². The van der Waals surface area contributed by atoms with Crippen molar-refractivity contribution in [3.63, 3.8) is 0 Å². The van der Waals surface area contributed by atoms with Crippen LogP contribution in [0.5, 0.6) is 0 Å². The minimum absolute atomic E-state index is 0.145. The highest BCUT2D eigenvalue weighted by molar-refractivity contribution is 7.92. The Morgan fingerprint density at radius 1 is 1.08 bits per heavy atom. The Balaban J connectivity index is 1.55. The van der Waals surface area contributed by atoms with E-state index in [0.29, 0.717) is 5.02 Å². The number of allylic oxidation sites excluding steroid dienone is 1. The molecule has 1 aromatic heterocycles. The monoisotopic (exact) mass is 391 g/mol. The molecule has 138 valence electrons. The van der Waals surface area contributed by atoms with Crippen molar-refractivity contribution in [3.05, 3.63) is 59.3 Å². The van der Waals surface area contributed by atoms with Crippen LogP contribution in [0.4, 0.5) is 11.5 Å². The van der Waals surface area contributed by atoms with E-state index >= 15 is 0 Å². The van der Waals surface area contributed by atoms with Gasteiger partial charge in [-0.2, -0.15) is 0 Å². The highest BCUT2D eigenvalue weighted by Crippen LogP contribution is 2.21. The van der Waals surface area contributed by atoms with Crippen molar-refractivity contribution < 1.29 is 8.42 Å². The van der Waals surface area contributed by atoms with Crippen LogP contribution in [0.1, 0.15) is 32.1 Å². The number of rotatable bonds is 7. The smallest absolute Gasteiger partial charge is 0.263 e. The second-order valence-corrected chi connectivity index (χ2v) is 8.40. The molecule has 26 heavy (non-hydrogen) atoms. The molecule has 5 nitrogen and oxygen atoms in total. The van der Waals surface area contributed by atoms with Gasteiger partial charge in [-0.1, -0.05) is 23.3 Å². The van der Waals surface area contributed by atoms with E-state index < -0.39 is 10.0 Å². The predicted octanol–water partition coefficient (Wildman–Crippen LogP) is 4.84. The summed E-state index contributed by atoms with van der Waals surface area (Å²) >= 11 is 5.79. The topological polar surface area (TPSA) is 71.1 Å². The fourth-order valence-electron chi connectivity index (χ4n) is 2.87. The van der Waals surface area contributed by atoms with Crippen LogP contribution < -0.4 is 10.0 Å². The number of anilines is 2. The van der Waals surface area contributed by atoms with E-state index in [0.717, 1.165) is 18.7 Å². The summed E-state index contributed by atoms with van der Waals surface area (Å²) in [7, 11) is -3.67. The van der Waals surface area contributed by atoms with E-state index in [1.165, 1.54) is 43.4 Å². The summed E-state index contributed by atoms with van der Waals surface area (Å²) < 4.78 is 27.1. The summed E-state index contributed by atoms with van der Waals surface area (Å²) in [5.74, 6) is 0.278. The van der Waals surface area contributed by atoms with E-state index in [9.17, 15) is 8.42 Å². The number of sulfonamides is 1. The number of hydrogen-bond acceptors (Lipinski definition) is 4. The van der Waals surface area contributed by atoms with Gasteiger partial charge in [0.2, 0.25) is 0 Å². The van der Waals surface area contributed by atoms with E-state index in [1.54, 1.807) is 24.4 Å². The number of aromatic nitrogens is 1. The molecule has 3 rings (SSSR count). The van der Waals surface area contributed by atoms with Gasteiger partial charge in [-0.3, -0.25) is 4.72 Å². The SMILES string of the molecule is O=S(=O)(Nc1ccc(NCCC2=CCCCC2)cn1)c1ccc(Cl)cc1. The van der Waals surface area contributed by atoms with E-state index in [4.69, 9.17) is 11.6 Å². The number of hydrogen-bond donors (Lipinski definition) is 2. The number of halogens is 1. The third-order valence-electron chi connectivity index (χ3n) is 4.29. The second kappa shape index (κ2) is 8.56. The molecular formula is C19H22ClN3O2S. The second-order valence-electron chi connectivity index (χ2n) is 6.28. The van der Waals surface area contributed by atoms with Crippen LogP contribution in [-0.4, -0.2) is 19.9 Å². The number of pyridine rings is 1. The van der Waals surface area contributed by atoms with Crippen molar-refractivity contribution in [2.75, 3.05) is 16.6 Å². The quantitative estimate of drug-likeness (QED) is 0.662. The summed E-state index contributed by atoms with van der Waals surface area (Å²) in [6.45, 7) is 0.851. The molecule has 2 N–H and O–H groups in total. The predicted molar refractivity (Wildman–Crippen MR) is 106 cm³/mol. The molecule has 0 amide bonds. The third-order valence-corrected chi connectivity index (χ3v) is 5.91. The zero-order chi connectivity index (χ0) is 18.4. The zero-order valence-corrected chi connectivity index (χ0v) is 16.0. The number of nitrogens with one attached hydrogen (secondary N) is 2. The Hall–Kier alpha value is -2.05. The fraction of sp³-hybridized carbons (Fsp3) is 0.316. The first-order valence-corrected chi connectivity index (χ1v) is 10.6. The molecule has 2 aromatic rings. The number of nitrogens with zero attached hydrogens (tertiary/aromatic N) is 1. The van der Waals surface area contributed by atoms with Gasteiger partial charge in [-0.05, 0) is 68.5 Å². The maximum Gasteiger partial charge on any atom is 0.263 e. The lowest BCUT2D eigenvalue weighted by atomic mass is 9.97. The Bertz CT molecular complexity index is 863. The van der Waals surface area contributed by atoms with Crippen molar-refractivity contribution in [2.45, 2.75) is 37.0 Å². The van der Waals surface area contributed by atoms with Gasteiger partial charge < -0.3 is 5.32 Å². The lowest BCUT2D eigenvalue weighted by molar-refractivity contribution is 0.601. The summed E-state index contributed by atoms with van der Waals surface area (Å²) in [5.41, 5.74) is 2.39. The standard InChI is InChI=1S/C19H22ClN3O2S/c20-16-6-9-18(10-7-16)26(24,25)23-19-11-8-17(14-22-19)21-13-12-15-4-2-1-3-5-15/h4,6-11,14,21H,1-3,5,12-13H2,(H,22,23). The highest BCUT2D eigenvalue weighted by Gasteiger charge is 2.14. The van der Waals surface area contributed by atoms with E-state index in [1.807, 2.05) is 6.07 Å². The van der Waals surface area contributed by atoms with Crippen molar-refractivity contribution in [1.82, 2.24) is 4.98 Å². The fourth-order valence-corrected chi connectivity index (χ4v) is 4.00. The summed E-state index contributed by atoms with van der Waals surface area (Å²) in [6.07, 6.45) is 9.99. The maximum absolute atomic E-state index is 12.3. The molecule has 1 aliphatic carbocycles. The minimum atomic E-state index is -3.67. The van der Waals surface area contributed by atoms with Crippen LogP contribution in [0.2, 0.25) is 5.02 Å². The molecular weight excluding hydrogens is 370 g/mol. The molecule has 0 aliphatic heterocycles. The first kappa shape index (κ1) is 18.7. The van der Waals surface area contributed by atoms with Crippen molar-refractivity contribution in [3.8, 4) is 0 Å². The molecule has 0 bridgehead atoms. The summed E-state index contributed by atoms with van der Waals surface area (Å²) in [6, 6.07) is 9.47. The average molecular weight is 392 g/mol. The molecule has 0 radical (unpaired) electrons. The normalized spacial score (nSPS) is 14.6. The summed E-state index contributed by atoms with van der Waals surface area (Å²) in [5, 5.41) is 3.81. The van der Waals surface area contributed by atoms with Gasteiger partial charge in [-0.15, -0.1) is 0 Å². The Kier molecular flexibility index (Phi) is 6.16. The Morgan fingerprint density at radius 3 is 2.54 bits per heavy atom. The zero-order valence-electron chi connectivity index (χ0n) is 14.4. The lowest BCUT2D eigenvalue weighted by Gasteiger charge is -2.13. The minimum Gasteiger partial charge on any atom is -0.383 e. The molecule has 0 fully saturated rings. The van der Waals surface area contributed by atoms with E-state index in [2.05, 4.69) is 21.1 Å². The van der Waals surface area contributed by atoms with Crippen LogP contribution in [-0.2, 0) is 10.0 Å². The maximum atomic E-state index is 12.3. The van der Waals surface area contributed by atoms with Crippen LogP contribution >= 0.6 is 11.6 Å². The highest BCUT2D eigenvalue weighted by atomic mass is 35.5. The van der Waals surface area contributed by atoms with Gasteiger partial charge >= 0.3 is 0 Å². The van der Waals surface area contributed by atoms with Gasteiger partial charge in [0.25, 0.3) is 10.0 Å². The van der Waals surface area contributed by atoms with Crippen LogP contribution in [0.15, 0.2) is 59.1 Å². The molecule has 1 heterocycles. The first-order valence-electron chi connectivity index (χ1n) is 8.69. The Labute approximate surface area is 159 Å². The largest absolute Gasteiger partial charge is 0.383 e. The van der Waals surface area contributed by atoms with Gasteiger partial charge in [0, 0.05) is 11.6 Å². The number of benzene rings is 1. The molecule has 0 saturated heterocycles. The van der Waals surface area contributed by atoms with E-state index in [-0.39, 0.29) is 10.7 Å². The summed E-state index contributed by atoms with van der Waals surface area (Å²) in [4.78, 5) is 4.32. The van der Waals surface area contributed by atoms with Gasteiger partial charge in [0.15, 0.2) is 0 Å². The van der Waals surface area contributed by atoms with Gasteiger partial charge in [0.05, 0.1) is 16.8 Å². The van der Waals surface area contributed by atoms with Gasteiger partial charge in [-0.25, -0.2) is 13.4 Å². The van der Waals surface area contributed by atoms with Crippen molar-refractivity contribution in [2.24, 2.45) is 0 Å². The lowest BCUT2D eigenvalue weighted by Crippen LogP contribution is -2.14. The van der Waals surface area contributed by atoms with Crippen LogP contribution in [0.25, 0.3) is 0 Å². The molecule has 0 unspecified atom stereocenters. The molecule has 0 atom stereocenters. The molecule has 0 saturated carbocycles. The average Bonchev–Trinajstić information content (AvgIpc) is 2.64. The molecule has 0 spiro atoms. The molecule has 7 heteroatoms. The van der Waals surface area contributed by atoms with Crippen molar-refractivity contribution in [1.29, 1.82) is 0 Å². The third kappa shape index (κ3) is 5.22. The molecule has 1 aromatic carbocycles. The van der Waals surface area contributed by atoms with Crippen LogP contribution in [0, 0.1) is 0 Å². The first-order chi connectivity index (χ1) is 12.5. The molecule has 1 aliphatic rings. The van der Waals surface area contributed by atoms with Crippen LogP contribution in [0.3, 0.4) is 0 Å². The van der Waals surface area contributed by atoms with Gasteiger partial charge in [0.1, 0.15) is 5.82 Å². The Morgan fingerprint density at radius 2 is 1.88 bits per heavy atom.